The molecule has 1 aromatic carbocycles. The van der Waals surface area contributed by atoms with E-state index in [1.165, 1.54) is 5.56 Å². The van der Waals surface area contributed by atoms with Crippen molar-refractivity contribution >= 4 is 35.0 Å². The van der Waals surface area contributed by atoms with Crippen LogP contribution in [-0.4, -0.2) is 14.5 Å². The van der Waals surface area contributed by atoms with Gasteiger partial charge in [0.25, 0.3) is 0 Å². The standard InChI is InChI=1S/C21H19Cl2N3OS/c22-16-6-5-15(18(23)11-16)13-28-20-17-3-1-2-4-19(17)26(21(27)25-20)12-14-7-9-24-10-8-14/h5-11H,1-4,12-13H2. The van der Waals surface area contributed by atoms with Crippen molar-refractivity contribution in [3.63, 3.8) is 0 Å². The molecule has 0 aliphatic heterocycles. The summed E-state index contributed by atoms with van der Waals surface area (Å²) in [4.78, 5) is 21.3. The zero-order valence-electron chi connectivity index (χ0n) is 15.2. The van der Waals surface area contributed by atoms with Gasteiger partial charge in [-0.25, -0.2) is 4.79 Å². The molecule has 4 nitrogen and oxygen atoms in total. The molecule has 0 unspecified atom stereocenters. The molecule has 1 aliphatic rings. The molecule has 2 heterocycles. The zero-order valence-corrected chi connectivity index (χ0v) is 17.5. The lowest BCUT2D eigenvalue weighted by molar-refractivity contribution is 0.569. The van der Waals surface area contributed by atoms with Crippen molar-refractivity contribution in [1.82, 2.24) is 14.5 Å². The second-order valence-corrected chi connectivity index (χ2v) is 8.61. The molecule has 0 saturated heterocycles. The predicted octanol–water partition coefficient (Wildman–Crippen LogP) is 5.16. The second-order valence-electron chi connectivity index (χ2n) is 6.80. The van der Waals surface area contributed by atoms with Crippen LogP contribution in [0, 0.1) is 0 Å². The van der Waals surface area contributed by atoms with Gasteiger partial charge < -0.3 is 0 Å². The highest BCUT2D eigenvalue weighted by Gasteiger charge is 2.21. The van der Waals surface area contributed by atoms with Gasteiger partial charge in [-0.15, -0.1) is 11.8 Å². The van der Waals surface area contributed by atoms with Gasteiger partial charge in [-0.05, 0) is 61.1 Å². The minimum Gasteiger partial charge on any atom is -0.292 e. The van der Waals surface area contributed by atoms with Crippen molar-refractivity contribution < 1.29 is 0 Å². The largest absolute Gasteiger partial charge is 0.349 e. The minimum absolute atomic E-state index is 0.192. The summed E-state index contributed by atoms with van der Waals surface area (Å²) in [5.41, 5.74) is 4.17. The number of nitrogens with zero attached hydrogens (tertiary/aromatic N) is 3. The van der Waals surface area contributed by atoms with Crippen LogP contribution in [-0.2, 0) is 25.1 Å². The summed E-state index contributed by atoms with van der Waals surface area (Å²) in [5, 5.41) is 2.09. The van der Waals surface area contributed by atoms with Gasteiger partial charge in [-0.3, -0.25) is 9.55 Å². The third-order valence-corrected chi connectivity index (χ3v) is 6.57. The summed E-state index contributed by atoms with van der Waals surface area (Å²) in [6, 6.07) is 9.38. The minimum atomic E-state index is -0.192. The van der Waals surface area contributed by atoms with Crippen molar-refractivity contribution in [2.75, 3.05) is 0 Å². The molecule has 4 rings (SSSR count). The molecule has 0 radical (unpaired) electrons. The van der Waals surface area contributed by atoms with Crippen LogP contribution < -0.4 is 5.69 Å². The number of benzene rings is 1. The van der Waals surface area contributed by atoms with Crippen molar-refractivity contribution in [1.29, 1.82) is 0 Å². The lowest BCUT2D eigenvalue weighted by Gasteiger charge is -2.22. The van der Waals surface area contributed by atoms with E-state index in [2.05, 4.69) is 9.97 Å². The van der Waals surface area contributed by atoms with E-state index in [9.17, 15) is 4.79 Å². The van der Waals surface area contributed by atoms with Gasteiger partial charge >= 0.3 is 5.69 Å². The normalized spacial score (nSPS) is 13.4. The first-order valence-electron chi connectivity index (χ1n) is 9.20. The fraction of sp³-hybridized carbons (Fsp3) is 0.286. The summed E-state index contributed by atoms with van der Waals surface area (Å²) in [6.45, 7) is 0.532. The molecule has 0 saturated carbocycles. The van der Waals surface area contributed by atoms with E-state index in [1.807, 2.05) is 28.8 Å². The Kier molecular flexibility index (Phi) is 6.04. The fourth-order valence-corrected chi connectivity index (χ4v) is 5.12. The van der Waals surface area contributed by atoms with E-state index < -0.39 is 0 Å². The maximum atomic E-state index is 12.8. The predicted molar refractivity (Wildman–Crippen MR) is 115 cm³/mol. The Labute approximate surface area is 177 Å². The topological polar surface area (TPSA) is 47.8 Å². The Morgan fingerprint density at radius 3 is 2.64 bits per heavy atom. The first-order chi connectivity index (χ1) is 13.6. The first kappa shape index (κ1) is 19.5. The summed E-state index contributed by atoms with van der Waals surface area (Å²) in [7, 11) is 0. The zero-order chi connectivity index (χ0) is 19.5. The number of halogens is 2. The highest BCUT2D eigenvalue weighted by atomic mass is 35.5. The lowest BCUT2D eigenvalue weighted by Crippen LogP contribution is -2.30. The molecule has 7 heteroatoms. The highest BCUT2D eigenvalue weighted by Crippen LogP contribution is 2.32. The fourth-order valence-electron chi connectivity index (χ4n) is 3.49. The van der Waals surface area contributed by atoms with Crippen LogP contribution in [0.15, 0.2) is 52.5 Å². The van der Waals surface area contributed by atoms with Gasteiger partial charge in [0.2, 0.25) is 0 Å². The number of rotatable bonds is 5. The molecule has 28 heavy (non-hydrogen) atoms. The molecule has 0 atom stereocenters. The quantitative estimate of drug-likeness (QED) is 0.413. The van der Waals surface area contributed by atoms with Crippen molar-refractivity contribution in [3.8, 4) is 0 Å². The Morgan fingerprint density at radius 2 is 1.86 bits per heavy atom. The van der Waals surface area contributed by atoms with Crippen molar-refractivity contribution in [2.45, 2.75) is 43.0 Å². The number of hydrogen-bond donors (Lipinski definition) is 0. The summed E-state index contributed by atoms with van der Waals surface area (Å²) < 4.78 is 1.82. The molecule has 144 valence electrons. The summed E-state index contributed by atoms with van der Waals surface area (Å²) in [5.74, 6) is 0.656. The molecular formula is C21H19Cl2N3OS. The van der Waals surface area contributed by atoms with Gasteiger partial charge in [0.15, 0.2) is 0 Å². The van der Waals surface area contributed by atoms with Crippen LogP contribution in [0.3, 0.4) is 0 Å². The Hall–Kier alpha value is -1.82. The third-order valence-electron chi connectivity index (χ3n) is 4.92. The monoisotopic (exact) mass is 431 g/mol. The van der Waals surface area contributed by atoms with E-state index >= 15 is 0 Å². The smallest absolute Gasteiger partial charge is 0.292 e. The van der Waals surface area contributed by atoms with Crippen LogP contribution in [0.2, 0.25) is 10.0 Å². The molecule has 0 amide bonds. The molecule has 2 aromatic heterocycles. The number of pyridine rings is 1. The maximum absolute atomic E-state index is 12.8. The van der Waals surface area contributed by atoms with Crippen LogP contribution >= 0.6 is 35.0 Å². The van der Waals surface area contributed by atoms with Crippen LogP contribution in [0.4, 0.5) is 0 Å². The SMILES string of the molecule is O=c1nc(SCc2ccc(Cl)cc2Cl)c2c(n1Cc1ccncc1)CCCC2. The summed E-state index contributed by atoms with van der Waals surface area (Å²) in [6.07, 6.45) is 7.58. The average molecular weight is 432 g/mol. The van der Waals surface area contributed by atoms with E-state index in [1.54, 1.807) is 30.2 Å². The second kappa shape index (κ2) is 8.68. The molecule has 0 N–H and O–H groups in total. The summed E-state index contributed by atoms with van der Waals surface area (Å²) >= 11 is 13.9. The van der Waals surface area contributed by atoms with Crippen molar-refractivity contribution in [2.24, 2.45) is 0 Å². The van der Waals surface area contributed by atoms with Crippen molar-refractivity contribution in [3.05, 3.63) is 85.6 Å². The van der Waals surface area contributed by atoms with E-state index in [4.69, 9.17) is 23.2 Å². The third kappa shape index (κ3) is 4.27. The average Bonchev–Trinajstić information content (AvgIpc) is 2.70. The Bertz CT molecular complexity index is 1050. The lowest BCUT2D eigenvalue weighted by atomic mass is 9.97. The number of hydrogen-bond acceptors (Lipinski definition) is 4. The highest BCUT2D eigenvalue weighted by molar-refractivity contribution is 7.98. The number of fused-ring (bicyclic) bond motifs is 1. The Morgan fingerprint density at radius 1 is 1.07 bits per heavy atom. The molecule has 0 fully saturated rings. The maximum Gasteiger partial charge on any atom is 0.349 e. The molecule has 0 spiro atoms. The van der Waals surface area contributed by atoms with Gasteiger partial charge in [0, 0.05) is 39.4 Å². The molecule has 1 aliphatic carbocycles. The van der Waals surface area contributed by atoms with Gasteiger partial charge in [0.05, 0.1) is 6.54 Å². The van der Waals surface area contributed by atoms with Gasteiger partial charge in [-0.1, -0.05) is 29.3 Å². The molecule has 0 bridgehead atoms. The number of thioether (sulfide) groups is 1. The Balaban J connectivity index is 1.65. The molecule has 3 aromatic rings. The molecular weight excluding hydrogens is 413 g/mol. The van der Waals surface area contributed by atoms with Crippen LogP contribution in [0.5, 0.6) is 0 Å². The van der Waals surface area contributed by atoms with Crippen LogP contribution in [0.1, 0.15) is 35.2 Å². The first-order valence-corrected chi connectivity index (χ1v) is 10.9. The van der Waals surface area contributed by atoms with Gasteiger partial charge in [-0.2, -0.15) is 4.98 Å². The van der Waals surface area contributed by atoms with E-state index in [-0.39, 0.29) is 5.69 Å². The van der Waals surface area contributed by atoms with E-state index in [0.717, 1.165) is 47.5 Å². The van der Waals surface area contributed by atoms with Gasteiger partial charge in [0.1, 0.15) is 5.03 Å². The number of aromatic nitrogens is 3. The van der Waals surface area contributed by atoms with E-state index in [0.29, 0.717) is 22.3 Å². The van der Waals surface area contributed by atoms with Crippen LogP contribution in [0.25, 0.3) is 0 Å².